The molecule has 0 bridgehead atoms. The molecule has 132 valence electrons. The van der Waals surface area contributed by atoms with Crippen LogP contribution in [-0.2, 0) is 11.2 Å². The van der Waals surface area contributed by atoms with Crippen LogP contribution in [0.15, 0.2) is 79.1 Å². The Morgan fingerprint density at radius 2 is 1.81 bits per heavy atom. The highest BCUT2D eigenvalue weighted by Gasteiger charge is 2.17. The lowest BCUT2D eigenvalue weighted by Crippen LogP contribution is -2.42. The van der Waals surface area contributed by atoms with Gasteiger partial charge < -0.3 is 11.1 Å². The molecule has 2 aromatic carbocycles. The van der Waals surface area contributed by atoms with E-state index < -0.39 is 6.04 Å². The molecule has 2 atom stereocenters. The lowest BCUT2D eigenvalue weighted by Gasteiger charge is -2.18. The predicted molar refractivity (Wildman–Crippen MR) is 104 cm³/mol. The van der Waals surface area contributed by atoms with Gasteiger partial charge >= 0.3 is 0 Å². The van der Waals surface area contributed by atoms with Gasteiger partial charge in [-0.05, 0) is 47.7 Å². The van der Waals surface area contributed by atoms with Gasteiger partial charge in [-0.3, -0.25) is 9.78 Å². The van der Waals surface area contributed by atoms with Crippen LogP contribution in [0, 0.1) is 0 Å². The first-order valence-electron chi connectivity index (χ1n) is 8.74. The standard InChI is InChI=1S/C22H23N3O/c1-16(25-22(26)21(23)13-17-7-3-2-4-8-17)18-9-5-10-19(14-18)20-11-6-12-24-15-20/h2-12,14-16,21H,13,23H2,1H3,(H,25,26)/t16-,21?/m0/s1. The molecule has 0 aliphatic rings. The fourth-order valence-corrected chi connectivity index (χ4v) is 2.89. The Labute approximate surface area is 154 Å². The quantitative estimate of drug-likeness (QED) is 0.718. The molecular weight excluding hydrogens is 322 g/mol. The van der Waals surface area contributed by atoms with Crippen molar-refractivity contribution in [2.75, 3.05) is 0 Å². The summed E-state index contributed by atoms with van der Waals surface area (Å²) in [5.74, 6) is -0.145. The Bertz CT molecular complexity index is 850. The van der Waals surface area contributed by atoms with E-state index in [1.807, 2.05) is 73.8 Å². The van der Waals surface area contributed by atoms with Crippen molar-refractivity contribution in [1.82, 2.24) is 10.3 Å². The maximum atomic E-state index is 12.4. The maximum absolute atomic E-state index is 12.4. The van der Waals surface area contributed by atoms with Gasteiger partial charge in [0, 0.05) is 12.4 Å². The van der Waals surface area contributed by atoms with Crippen molar-refractivity contribution in [3.63, 3.8) is 0 Å². The first kappa shape index (κ1) is 17.8. The summed E-state index contributed by atoms with van der Waals surface area (Å²) in [7, 11) is 0. The Hall–Kier alpha value is -2.98. The van der Waals surface area contributed by atoms with Gasteiger partial charge in [-0.25, -0.2) is 0 Å². The van der Waals surface area contributed by atoms with Gasteiger partial charge in [-0.15, -0.1) is 0 Å². The lowest BCUT2D eigenvalue weighted by atomic mass is 10.0. The number of rotatable bonds is 6. The van der Waals surface area contributed by atoms with Crippen molar-refractivity contribution >= 4 is 5.91 Å². The van der Waals surface area contributed by atoms with E-state index in [4.69, 9.17) is 5.73 Å². The highest BCUT2D eigenvalue weighted by atomic mass is 16.2. The summed E-state index contributed by atoms with van der Waals surface area (Å²) in [6, 6.07) is 21.2. The molecule has 3 N–H and O–H groups in total. The molecule has 0 saturated carbocycles. The van der Waals surface area contributed by atoms with E-state index in [9.17, 15) is 4.79 Å². The number of hydrogen-bond acceptors (Lipinski definition) is 3. The second-order valence-corrected chi connectivity index (χ2v) is 6.39. The summed E-state index contributed by atoms with van der Waals surface area (Å²) in [5.41, 5.74) is 10.3. The Balaban J connectivity index is 1.66. The molecule has 0 aliphatic heterocycles. The fraction of sp³-hybridized carbons (Fsp3) is 0.182. The Kier molecular flexibility index (Phi) is 5.77. The SMILES string of the molecule is C[C@H](NC(=O)C(N)Cc1ccccc1)c1cccc(-c2cccnc2)c1. The number of pyridine rings is 1. The maximum Gasteiger partial charge on any atom is 0.237 e. The van der Waals surface area contributed by atoms with Gasteiger partial charge in [0.15, 0.2) is 0 Å². The van der Waals surface area contributed by atoms with Crippen molar-refractivity contribution in [2.45, 2.75) is 25.4 Å². The largest absolute Gasteiger partial charge is 0.348 e. The van der Waals surface area contributed by atoms with E-state index in [0.29, 0.717) is 6.42 Å². The third-order valence-electron chi connectivity index (χ3n) is 4.38. The second-order valence-electron chi connectivity index (χ2n) is 6.39. The van der Waals surface area contributed by atoms with Gasteiger partial charge in [0.25, 0.3) is 0 Å². The normalized spacial score (nSPS) is 13.0. The molecule has 3 aromatic rings. The van der Waals surface area contributed by atoms with E-state index in [1.54, 1.807) is 6.20 Å². The zero-order chi connectivity index (χ0) is 18.4. The van der Waals surface area contributed by atoms with Gasteiger partial charge in [0.05, 0.1) is 12.1 Å². The number of benzene rings is 2. The highest BCUT2D eigenvalue weighted by molar-refractivity contribution is 5.82. The molecule has 0 aliphatic carbocycles. The van der Waals surface area contributed by atoms with E-state index in [1.165, 1.54) is 0 Å². The number of aromatic nitrogens is 1. The van der Waals surface area contributed by atoms with Crippen molar-refractivity contribution in [1.29, 1.82) is 0 Å². The van der Waals surface area contributed by atoms with Crippen molar-refractivity contribution in [3.05, 3.63) is 90.3 Å². The topological polar surface area (TPSA) is 68.0 Å². The summed E-state index contributed by atoms with van der Waals surface area (Å²) in [4.78, 5) is 16.6. The van der Waals surface area contributed by atoms with Gasteiger partial charge in [0.2, 0.25) is 5.91 Å². The van der Waals surface area contributed by atoms with Crippen LogP contribution in [0.3, 0.4) is 0 Å². The molecule has 3 rings (SSSR count). The minimum absolute atomic E-state index is 0.124. The van der Waals surface area contributed by atoms with Crippen LogP contribution in [-0.4, -0.2) is 16.9 Å². The highest BCUT2D eigenvalue weighted by Crippen LogP contribution is 2.22. The number of nitrogens with zero attached hydrogens (tertiary/aromatic N) is 1. The molecule has 26 heavy (non-hydrogen) atoms. The van der Waals surface area contributed by atoms with E-state index in [-0.39, 0.29) is 11.9 Å². The van der Waals surface area contributed by atoms with Crippen LogP contribution >= 0.6 is 0 Å². The monoisotopic (exact) mass is 345 g/mol. The Morgan fingerprint density at radius 1 is 1.04 bits per heavy atom. The fourth-order valence-electron chi connectivity index (χ4n) is 2.89. The van der Waals surface area contributed by atoms with Crippen LogP contribution in [0.1, 0.15) is 24.1 Å². The summed E-state index contributed by atoms with van der Waals surface area (Å²) < 4.78 is 0. The van der Waals surface area contributed by atoms with Gasteiger partial charge in [-0.2, -0.15) is 0 Å². The van der Waals surface area contributed by atoms with Crippen molar-refractivity contribution in [3.8, 4) is 11.1 Å². The van der Waals surface area contributed by atoms with Crippen molar-refractivity contribution in [2.24, 2.45) is 5.73 Å². The minimum Gasteiger partial charge on any atom is -0.348 e. The van der Waals surface area contributed by atoms with Crippen LogP contribution < -0.4 is 11.1 Å². The first-order valence-corrected chi connectivity index (χ1v) is 8.74. The summed E-state index contributed by atoms with van der Waals surface area (Å²) in [6.45, 7) is 1.97. The zero-order valence-electron chi connectivity index (χ0n) is 14.8. The molecule has 0 spiro atoms. The molecule has 4 nitrogen and oxygen atoms in total. The Morgan fingerprint density at radius 3 is 2.54 bits per heavy atom. The van der Waals surface area contributed by atoms with Crippen molar-refractivity contribution < 1.29 is 4.79 Å². The average Bonchev–Trinajstić information content (AvgIpc) is 2.69. The van der Waals surface area contributed by atoms with Crippen LogP contribution in [0.2, 0.25) is 0 Å². The van der Waals surface area contributed by atoms with Gasteiger partial charge in [0.1, 0.15) is 0 Å². The zero-order valence-corrected chi connectivity index (χ0v) is 14.8. The third-order valence-corrected chi connectivity index (χ3v) is 4.38. The van der Waals surface area contributed by atoms with E-state index >= 15 is 0 Å². The van der Waals surface area contributed by atoms with Crippen LogP contribution in [0.5, 0.6) is 0 Å². The predicted octanol–water partition coefficient (Wildman–Crippen LogP) is 3.50. The molecule has 0 radical (unpaired) electrons. The molecule has 1 aromatic heterocycles. The molecule has 1 unspecified atom stereocenters. The smallest absolute Gasteiger partial charge is 0.237 e. The van der Waals surface area contributed by atoms with E-state index in [2.05, 4.69) is 16.4 Å². The molecular formula is C22H23N3O. The molecule has 4 heteroatoms. The molecule has 1 heterocycles. The van der Waals surface area contributed by atoms with E-state index in [0.717, 1.165) is 22.3 Å². The minimum atomic E-state index is -0.568. The first-order chi connectivity index (χ1) is 12.6. The van der Waals surface area contributed by atoms with Gasteiger partial charge in [-0.1, -0.05) is 54.6 Å². The average molecular weight is 345 g/mol. The number of nitrogens with two attached hydrogens (primary N) is 1. The molecule has 0 saturated heterocycles. The number of hydrogen-bond donors (Lipinski definition) is 2. The number of nitrogens with one attached hydrogen (secondary N) is 1. The lowest BCUT2D eigenvalue weighted by molar-refractivity contribution is -0.123. The third kappa shape index (κ3) is 4.55. The van der Waals surface area contributed by atoms with Crippen LogP contribution in [0.25, 0.3) is 11.1 Å². The summed E-state index contributed by atoms with van der Waals surface area (Å²) >= 11 is 0. The molecule has 1 amide bonds. The summed E-state index contributed by atoms with van der Waals surface area (Å²) in [5, 5.41) is 3.02. The van der Waals surface area contributed by atoms with Crippen LogP contribution in [0.4, 0.5) is 0 Å². The molecule has 0 fully saturated rings. The number of carbonyl (C=O) groups excluding carboxylic acids is 1. The number of amides is 1. The second kappa shape index (κ2) is 8.41. The number of carbonyl (C=O) groups is 1. The summed E-state index contributed by atoms with van der Waals surface area (Å²) in [6.07, 6.45) is 4.11.